The Kier molecular flexibility index (Phi) is 5.77. The van der Waals surface area contributed by atoms with Gasteiger partial charge in [-0.2, -0.15) is 0 Å². The molecule has 2 unspecified atom stereocenters. The van der Waals surface area contributed by atoms with Crippen LogP contribution in [0.1, 0.15) is 44.4 Å². The maximum atomic E-state index is 12.4. The van der Waals surface area contributed by atoms with Gasteiger partial charge in [0.1, 0.15) is 6.10 Å². The maximum absolute atomic E-state index is 12.4. The molecule has 0 saturated carbocycles. The van der Waals surface area contributed by atoms with Gasteiger partial charge in [0, 0.05) is 12.5 Å². The van der Waals surface area contributed by atoms with Gasteiger partial charge in [-0.3, -0.25) is 4.79 Å². The van der Waals surface area contributed by atoms with Gasteiger partial charge in [-0.25, -0.2) is 18.0 Å². The Hall–Kier alpha value is -3.20. The first-order chi connectivity index (χ1) is 14.8. The SMILES string of the molecule is O=C(COC(=O)c1ccc2c(c1)CC(c1ccccc1)OC2=O)NC1CCS(=O)(=O)C1. The highest BCUT2D eigenvalue weighted by atomic mass is 32.2. The normalized spacial score (nSPS) is 21.6. The maximum Gasteiger partial charge on any atom is 0.339 e. The standard InChI is InChI=1S/C22H21NO7S/c24-20(23-17-8-9-31(27,28)13-17)12-29-21(25)15-6-7-18-16(10-15)11-19(30-22(18)26)14-4-2-1-3-5-14/h1-7,10,17,19H,8-9,11-13H2,(H,23,24). The molecule has 2 aromatic carbocycles. The number of benzene rings is 2. The summed E-state index contributed by atoms with van der Waals surface area (Å²) in [5, 5.41) is 2.56. The van der Waals surface area contributed by atoms with Crippen LogP contribution < -0.4 is 5.32 Å². The Morgan fingerprint density at radius 2 is 1.90 bits per heavy atom. The van der Waals surface area contributed by atoms with E-state index in [9.17, 15) is 22.8 Å². The van der Waals surface area contributed by atoms with Gasteiger partial charge in [-0.1, -0.05) is 30.3 Å². The smallest absolute Gasteiger partial charge is 0.339 e. The lowest BCUT2D eigenvalue weighted by molar-refractivity contribution is -0.124. The van der Waals surface area contributed by atoms with Crippen LogP contribution in [0.2, 0.25) is 0 Å². The molecule has 0 bridgehead atoms. The van der Waals surface area contributed by atoms with Gasteiger partial charge in [0.15, 0.2) is 16.4 Å². The predicted octanol–water partition coefficient (Wildman–Crippen LogP) is 1.60. The summed E-state index contributed by atoms with van der Waals surface area (Å²) in [5.74, 6) is -1.77. The van der Waals surface area contributed by atoms with E-state index in [2.05, 4.69) is 5.32 Å². The Morgan fingerprint density at radius 1 is 1.13 bits per heavy atom. The molecule has 0 aliphatic carbocycles. The number of amides is 1. The number of cyclic esters (lactones) is 1. The molecule has 0 radical (unpaired) electrons. The summed E-state index contributed by atoms with van der Waals surface area (Å²) >= 11 is 0. The number of hydrogen-bond donors (Lipinski definition) is 1. The second-order valence-corrected chi connectivity index (χ2v) is 9.85. The molecule has 2 aliphatic heterocycles. The number of carbonyl (C=O) groups excluding carboxylic acids is 3. The third-order valence-corrected chi connectivity index (χ3v) is 7.09. The molecule has 9 heteroatoms. The van der Waals surface area contributed by atoms with E-state index >= 15 is 0 Å². The fourth-order valence-corrected chi connectivity index (χ4v) is 5.44. The number of fused-ring (bicyclic) bond motifs is 1. The van der Waals surface area contributed by atoms with Crippen LogP contribution in [-0.4, -0.2) is 50.4 Å². The molecule has 4 rings (SSSR count). The van der Waals surface area contributed by atoms with Gasteiger partial charge in [-0.15, -0.1) is 0 Å². The molecule has 8 nitrogen and oxygen atoms in total. The van der Waals surface area contributed by atoms with Crippen LogP contribution >= 0.6 is 0 Å². The zero-order valence-corrected chi connectivity index (χ0v) is 17.4. The lowest BCUT2D eigenvalue weighted by Crippen LogP contribution is -2.38. The average molecular weight is 443 g/mol. The molecule has 1 fully saturated rings. The van der Waals surface area contributed by atoms with E-state index in [4.69, 9.17) is 9.47 Å². The molecular weight excluding hydrogens is 422 g/mol. The topological polar surface area (TPSA) is 116 Å². The first-order valence-corrected chi connectivity index (χ1v) is 11.7. The van der Waals surface area contributed by atoms with Crippen molar-refractivity contribution in [2.75, 3.05) is 18.1 Å². The second-order valence-electron chi connectivity index (χ2n) is 7.62. The molecule has 1 saturated heterocycles. The number of esters is 2. The van der Waals surface area contributed by atoms with Crippen LogP contribution in [-0.2, 0) is 30.5 Å². The minimum Gasteiger partial charge on any atom is -0.454 e. The Labute approximate surface area is 179 Å². The van der Waals surface area contributed by atoms with E-state index in [1.54, 1.807) is 6.07 Å². The number of sulfone groups is 1. The minimum absolute atomic E-state index is 0.0409. The predicted molar refractivity (Wildman–Crippen MR) is 110 cm³/mol. The summed E-state index contributed by atoms with van der Waals surface area (Å²) in [6.45, 7) is -0.513. The molecule has 162 valence electrons. The van der Waals surface area contributed by atoms with Crippen LogP contribution in [0.5, 0.6) is 0 Å². The van der Waals surface area contributed by atoms with E-state index in [1.807, 2.05) is 30.3 Å². The number of ether oxygens (including phenoxy) is 2. The highest BCUT2D eigenvalue weighted by Crippen LogP contribution is 2.31. The summed E-state index contributed by atoms with van der Waals surface area (Å²) in [6, 6.07) is 13.4. The van der Waals surface area contributed by atoms with Crippen molar-refractivity contribution in [3.8, 4) is 0 Å². The molecule has 2 atom stereocenters. The van der Waals surface area contributed by atoms with Gasteiger partial charge in [0.25, 0.3) is 5.91 Å². The van der Waals surface area contributed by atoms with E-state index in [1.165, 1.54) is 12.1 Å². The zero-order valence-electron chi connectivity index (χ0n) is 16.6. The highest BCUT2D eigenvalue weighted by molar-refractivity contribution is 7.91. The van der Waals surface area contributed by atoms with Gasteiger partial charge in [0.2, 0.25) is 0 Å². The fraction of sp³-hybridized carbons (Fsp3) is 0.318. The Morgan fingerprint density at radius 3 is 2.61 bits per heavy atom. The Bertz CT molecular complexity index is 1130. The highest BCUT2D eigenvalue weighted by Gasteiger charge is 2.30. The molecule has 0 spiro atoms. The zero-order chi connectivity index (χ0) is 22.0. The monoisotopic (exact) mass is 443 g/mol. The van der Waals surface area contributed by atoms with Crippen molar-refractivity contribution in [3.05, 3.63) is 70.8 Å². The van der Waals surface area contributed by atoms with Crippen molar-refractivity contribution < 1.29 is 32.3 Å². The summed E-state index contributed by atoms with van der Waals surface area (Å²) in [5.41, 5.74) is 2.14. The molecule has 1 amide bonds. The van der Waals surface area contributed by atoms with Crippen LogP contribution in [0, 0.1) is 0 Å². The number of carbonyl (C=O) groups is 3. The summed E-state index contributed by atoms with van der Waals surface area (Å²) in [7, 11) is -3.11. The third kappa shape index (κ3) is 4.93. The lowest BCUT2D eigenvalue weighted by Gasteiger charge is -2.25. The summed E-state index contributed by atoms with van der Waals surface area (Å²) in [4.78, 5) is 36.7. The summed E-state index contributed by atoms with van der Waals surface area (Å²) < 4.78 is 33.5. The molecule has 2 aliphatic rings. The van der Waals surface area contributed by atoms with Crippen LogP contribution in [0.15, 0.2) is 48.5 Å². The lowest BCUT2D eigenvalue weighted by atomic mass is 9.93. The quantitative estimate of drug-likeness (QED) is 0.698. The summed E-state index contributed by atoms with van der Waals surface area (Å²) in [6.07, 6.45) is 0.329. The largest absolute Gasteiger partial charge is 0.454 e. The molecule has 1 N–H and O–H groups in total. The molecular formula is C22H21NO7S. The second kappa shape index (κ2) is 8.50. The van der Waals surface area contributed by atoms with Gasteiger partial charge in [-0.05, 0) is 35.7 Å². The van der Waals surface area contributed by atoms with Crippen LogP contribution in [0.3, 0.4) is 0 Å². The van der Waals surface area contributed by atoms with Crippen LogP contribution in [0.25, 0.3) is 0 Å². The average Bonchev–Trinajstić information content (AvgIpc) is 3.10. The van der Waals surface area contributed by atoms with E-state index < -0.39 is 46.4 Å². The van der Waals surface area contributed by atoms with Gasteiger partial charge in [0.05, 0.1) is 22.6 Å². The van der Waals surface area contributed by atoms with E-state index in [-0.39, 0.29) is 17.1 Å². The van der Waals surface area contributed by atoms with E-state index in [0.29, 0.717) is 24.0 Å². The third-order valence-electron chi connectivity index (χ3n) is 5.32. The Balaban J connectivity index is 1.38. The van der Waals surface area contributed by atoms with Crippen molar-refractivity contribution in [3.63, 3.8) is 0 Å². The number of nitrogens with one attached hydrogen (secondary N) is 1. The number of rotatable bonds is 5. The fourth-order valence-electron chi connectivity index (χ4n) is 3.77. The molecule has 2 aromatic rings. The minimum atomic E-state index is -3.11. The van der Waals surface area contributed by atoms with Crippen molar-refractivity contribution in [2.45, 2.75) is 25.0 Å². The number of hydrogen-bond acceptors (Lipinski definition) is 7. The van der Waals surface area contributed by atoms with Crippen LogP contribution in [0.4, 0.5) is 0 Å². The van der Waals surface area contributed by atoms with Crippen molar-refractivity contribution in [1.29, 1.82) is 0 Å². The first-order valence-electron chi connectivity index (χ1n) is 9.86. The van der Waals surface area contributed by atoms with Crippen molar-refractivity contribution in [1.82, 2.24) is 5.32 Å². The first kappa shape index (κ1) is 21.0. The molecule has 0 aromatic heterocycles. The molecule has 31 heavy (non-hydrogen) atoms. The van der Waals surface area contributed by atoms with E-state index in [0.717, 1.165) is 5.56 Å². The van der Waals surface area contributed by atoms with Crippen molar-refractivity contribution in [2.24, 2.45) is 0 Å². The van der Waals surface area contributed by atoms with Gasteiger partial charge >= 0.3 is 11.9 Å². The molecule has 2 heterocycles. The van der Waals surface area contributed by atoms with Gasteiger partial charge < -0.3 is 14.8 Å². The van der Waals surface area contributed by atoms with Crippen molar-refractivity contribution >= 4 is 27.7 Å².